The first kappa shape index (κ1) is 6.81. The van der Waals surface area contributed by atoms with E-state index >= 15 is 0 Å². The first-order valence-electron chi connectivity index (χ1n) is 1.64. The lowest BCUT2D eigenvalue weighted by Crippen LogP contribution is -2.26. The molecule has 0 aromatic rings. The number of ether oxygens (including phenoxy) is 2. The normalized spacial score (nSPS) is 12.0. The van der Waals surface area contributed by atoms with Crippen LogP contribution in [0.15, 0.2) is 0 Å². The van der Waals surface area contributed by atoms with E-state index in [0.29, 0.717) is 0 Å². The van der Waals surface area contributed by atoms with Crippen LogP contribution in [0.25, 0.3) is 0 Å². The molecule has 4 heteroatoms. The van der Waals surface area contributed by atoms with Crippen molar-refractivity contribution < 1.29 is 19.0 Å². The number of alkyl halides is 1. The highest BCUT2D eigenvalue weighted by Crippen LogP contribution is 2.04. The number of hydrogen-bond donors (Lipinski definition) is 1. The molecular formula is C3H7FO3. The zero-order chi connectivity index (χ0) is 5.91. The van der Waals surface area contributed by atoms with Gasteiger partial charge in [-0.05, 0) is 0 Å². The van der Waals surface area contributed by atoms with Gasteiger partial charge in [0.2, 0.25) is 0 Å². The molecule has 0 rings (SSSR count). The molecule has 0 aliphatic rings. The van der Waals surface area contributed by atoms with Crippen LogP contribution in [-0.4, -0.2) is 25.6 Å². The maximum atomic E-state index is 11.7. The highest BCUT2D eigenvalue weighted by molar-refractivity contribution is 4.19. The first-order chi connectivity index (χ1) is 3.12. The van der Waals surface area contributed by atoms with Gasteiger partial charge in [0.25, 0.3) is 0 Å². The van der Waals surface area contributed by atoms with E-state index in [9.17, 15) is 4.39 Å². The molecule has 0 bridgehead atoms. The average Bonchev–Trinajstić information content (AvgIpc) is 1.68. The minimum Gasteiger partial charge on any atom is -0.315 e. The van der Waals surface area contributed by atoms with Crippen molar-refractivity contribution in [3.63, 3.8) is 0 Å². The molecule has 0 fully saturated rings. The van der Waals surface area contributed by atoms with Gasteiger partial charge in [0, 0.05) is 14.2 Å². The Balaban J connectivity index is 3.36. The van der Waals surface area contributed by atoms with Crippen molar-refractivity contribution >= 4 is 0 Å². The van der Waals surface area contributed by atoms with E-state index in [1.54, 1.807) is 0 Å². The molecule has 0 radical (unpaired) electrons. The summed E-state index contributed by atoms with van der Waals surface area (Å²) < 4.78 is 19.2. The number of methoxy groups -OCH3 is 2. The summed E-state index contributed by atoms with van der Waals surface area (Å²) in [5, 5.41) is 8.02. The Morgan fingerprint density at radius 1 is 1.43 bits per heavy atom. The topological polar surface area (TPSA) is 38.7 Å². The van der Waals surface area contributed by atoms with Gasteiger partial charge in [-0.25, -0.2) is 0 Å². The minimum atomic E-state index is -2.92. The van der Waals surface area contributed by atoms with Gasteiger partial charge in [-0.15, -0.1) is 0 Å². The zero-order valence-corrected chi connectivity index (χ0v) is 4.14. The molecule has 3 nitrogen and oxygen atoms in total. The van der Waals surface area contributed by atoms with Crippen LogP contribution >= 0.6 is 0 Å². The fraction of sp³-hybridized carbons (Fsp3) is 1.00. The van der Waals surface area contributed by atoms with Crippen molar-refractivity contribution in [2.45, 2.75) is 6.23 Å². The van der Waals surface area contributed by atoms with Crippen LogP contribution in [0, 0.1) is 0 Å². The highest BCUT2D eigenvalue weighted by atomic mass is 19.2. The fourth-order valence-corrected chi connectivity index (χ4v) is 0.0833. The largest absolute Gasteiger partial charge is 0.445 e. The summed E-state index contributed by atoms with van der Waals surface area (Å²) in [4.78, 5) is 0. The van der Waals surface area contributed by atoms with Gasteiger partial charge in [0.1, 0.15) is 0 Å². The SMILES string of the molecule is COC(O)(F)OC. The lowest BCUT2D eigenvalue weighted by Gasteiger charge is -2.11. The van der Waals surface area contributed by atoms with E-state index in [-0.39, 0.29) is 0 Å². The zero-order valence-electron chi connectivity index (χ0n) is 4.14. The highest BCUT2D eigenvalue weighted by Gasteiger charge is 2.23. The molecule has 0 aliphatic heterocycles. The second-order valence-electron chi connectivity index (χ2n) is 0.913. The van der Waals surface area contributed by atoms with Crippen LogP contribution in [0.1, 0.15) is 0 Å². The van der Waals surface area contributed by atoms with Crippen molar-refractivity contribution in [3.8, 4) is 0 Å². The van der Waals surface area contributed by atoms with Crippen molar-refractivity contribution in [2.75, 3.05) is 14.2 Å². The Labute approximate surface area is 40.7 Å². The quantitative estimate of drug-likeness (QED) is 0.502. The lowest BCUT2D eigenvalue weighted by atomic mass is 11.1. The van der Waals surface area contributed by atoms with E-state index in [2.05, 4.69) is 9.47 Å². The van der Waals surface area contributed by atoms with E-state index in [0.717, 1.165) is 14.2 Å². The van der Waals surface area contributed by atoms with Crippen LogP contribution in [-0.2, 0) is 9.47 Å². The Hall–Kier alpha value is -0.190. The molecular weight excluding hydrogens is 103 g/mol. The van der Waals surface area contributed by atoms with E-state index in [1.807, 2.05) is 0 Å². The van der Waals surface area contributed by atoms with Gasteiger partial charge < -0.3 is 14.6 Å². The Kier molecular flexibility index (Phi) is 2.14. The Morgan fingerprint density at radius 3 is 1.71 bits per heavy atom. The molecule has 0 spiro atoms. The molecule has 0 aromatic carbocycles. The smallest absolute Gasteiger partial charge is 0.315 e. The van der Waals surface area contributed by atoms with Gasteiger partial charge in [0.05, 0.1) is 0 Å². The molecule has 0 amide bonds. The first-order valence-corrected chi connectivity index (χ1v) is 1.64. The Morgan fingerprint density at radius 2 is 1.71 bits per heavy atom. The molecule has 0 saturated carbocycles. The second-order valence-corrected chi connectivity index (χ2v) is 0.913. The van der Waals surface area contributed by atoms with Crippen LogP contribution in [0.3, 0.4) is 0 Å². The fourth-order valence-electron chi connectivity index (χ4n) is 0.0833. The summed E-state index contributed by atoms with van der Waals surface area (Å²) in [6, 6.07) is 0. The summed E-state index contributed by atoms with van der Waals surface area (Å²) in [6.45, 7) is 0. The van der Waals surface area contributed by atoms with E-state index < -0.39 is 6.23 Å². The van der Waals surface area contributed by atoms with Crippen LogP contribution in [0.2, 0.25) is 0 Å². The van der Waals surface area contributed by atoms with Gasteiger partial charge in [-0.2, -0.15) is 4.39 Å². The summed E-state index contributed by atoms with van der Waals surface area (Å²) in [5.41, 5.74) is 0. The van der Waals surface area contributed by atoms with E-state index in [1.165, 1.54) is 0 Å². The molecule has 0 unspecified atom stereocenters. The number of rotatable bonds is 2. The summed E-state index contributed by atoms with van der Waals surface area (Å²) in [5.74, 6) is 0. The molecule has 0 aliphatic carbocycles. The molecule has 0 aromatic heterocycles. The van der Waals surface area contributed by atoms with Gasteiger partial charge in [0.15, 0.2) is 0 Å². The standard InChI is InChI=1S/C3H7FO3/c1-6-3(4,5)7-2/h5H,1-2H3. The lowest BCUT2D eigenvalue weighted by molar-refractivity contribution is -0.415. The number of aliphatic hydroxyl groups is 1. The van der Waals surface area contributed by atoms with Gasteiger partial charge in [-0.1, -0.05) is 0 Å². The van der Waals surface area contributed by atoms with Crippen molar-refractivity contribution in [1.82, 2.24) is 0 Å². The molecule has 1 N–H and O–H groups in total. The van der Waals surface area contributed by atoms with Crippen LogP contribution in [0.5, 0.6) is 0 Å². The van der Waals surface area contributed by atoms with Gasteiger partial charge >= 0.3 is 6.23 Å². The van der Waals surface area contributed by atoms with Crippen molar-refractivity contribution in [3.05, 3.63) is 0 Å². The summed E-state index contributed by atoms with van der Waals surface area (Å²) >= 11 is 0. The second kappa shape index (κ2) is 2.20. The summed E-state index contributed by atoms with van der Waals surface area (Å²) in [7, 11) is 1.98. The minimum absolute atomic E-state index is 0.990. The van der Waals surface area contributed by atoms with E-state index in [4.69, 9.17) is 5.11 Å². The predicted octanol–water partition coefficient (Wildman–Crippen LogP) is -0.148. The third kappa shape index (κ3) is 2.50. The number of hydrogen-bond acceptors (Lipinski definition) is 3. The third-order valence-electron chi connectivity index (χ3n) is 0.504. The molecule has 0 heterocycles. The van der Waals surface area contributed by atoms with Crippen molar-refractivity contribution in [1.29, 1.82) is 0 Å². The monoisotopic (exact) mass is 110 g/mol. The maximum Gasteiger partial charge on any atom is 0.445 e. The predicted molar refractivity (Wildman–Crippen MR) is 20.1 cm³/mol. The molecule has 7 heavy (non-hydrogen) atoms. The van der Waals surface area contributed by atoms with Crippen LogP contribution < -0.4 is 0 Å². The third-order valence-corrected chi connectivity index (χ3v) is 0.504. The summed E-state index contributed by atoms with van der Waals surface area (Å²) in [6.07, 6.45) is -2.92. The maximum absolute atomic E-state index is 11.7. The van der Waals surface area contributed by atoms with Gasteiger partial charge in [-0.3, -0.25) is 0 Å². The average molecular weight is 110 g/mol. The van der Waals surface area contributed by atoms with Crippen molar-refractivity contribution in [2.24, 2.45) is 0 Å². The molecule has 0 saturated heterocycles. The van der Waals surface area contributed by atoms with Crippen LogP contribution in [0.4, 0.5) is 4.39 Å². The molecule has 0 atom stereocenters. The number of halogens is 1. The Bertz CT molecular complexity index is 48.1. The molecule has 44 valence electrons.